The van der Waals surface area contributed by atoms with E-state index in [1.165, 1.54) is 11.1 Å². The highest BCUT2D eigenvalue weighted by Gasteiger charge is 2.09. The summed E-state index contributed by atoms with van der Waals surface area (Å²) >= 11 is 5.88. The second kappa shape index (κ2) is 10.6. The number of anilines is 1. The van der Waals surface area contributed by atoms with Crippen LogP contribution in [0.15, 0.2) is 53.4 Å². The van der Waals surface area contributed by atoms with E-state index in [1.54, 1.807) is 24.3 Å². The Kier molecular flexibility index (Phi) is 8.47. The first-order chi connectivity index (χ1) is 12.8. The van der Waals surface area contributed by atoms with E-state index in [2.05, 4.69) is 48.6 Å². The first-order valence-corrected chi connectivity index (χ1v) is 10.0. The van der Waals surface area contributed by atoms with E-state index < -0.39 is 5.76 Å². The van der Waals surface area contributed by atoms with Gasteiger partial charge in [0.25, 0.3) is 5.76 Å². The third-order valence-electron chi connectivity index (χ3n) is 4.20. The van der Waals surface area contributed by atoms with Crippen LogP contribution in [0.1, 0.15) is 25.0 Å². The summed E-state index contributed by atoms with van der Waals surface area (Å²) in [5, 5.41) is 6.79. The first-order valence-electron chi connectivity index (χ1n) is 8.72. The zero-order chi connectivity index (χ0) is 19.8. The van der Waals surface area contributed by atoms with E-state index in [4.69, 9.17) is 12.2 Å². The number of thiocarbonyl (C=S) groups is 1. The Hall–Kier alpha value is -1.70. The third kappa shape index (κ3) is 7.44. The van der Waals surface area contributed by atoms with E-state index in [9.17, 15) is 8.78 Å². The lowest BCUT2D eigenvalue weighted by molar-refractivity contribution is 0.252. The molecule has 0 fully saturated rings. The normalized spacial score (nSPS) is 11.3. The second-order valence-corrected chi connectivity index (χ2v) is 7.96. The fraction of sp³-hybridized carbons (Fsp3) is 0.350. The molecule has 0 aliphatic heterocycles. The van der Waals surface area contributed by atoms with Crippen LogP contribution in [-0.2, 0) is 13.1 Å². The molecule has 2 aromatic carbocycles. The molecule has 27 heavy (non-hydrogen) atoms. The van der Waals surface area contributed by atoms with Gasteiger partial charge in [-0.2, -0.15) is 8.78 Å². The summed E-state index contributed by atoms with van der Waals surface area (Å²) in [7, 11) is 2.11. The van der Waals surface area contributed by atoms with Crippen LogP contribution in [0.25, 0.3) is 0 Å². The molecule has 0 bridgehead atoms. The molecule has 2 aromatic rings. The molecule has 0 unspecified atom stereocenters. The lowest BCUT2D eigenvalue weighted by atomic mass is 10.1. The predicted octanol–water partition coefficient (Wildman–Crippen LogP) is 5.33. The fourth-order valence-electron chi connectivity index (χ4n) is 2.41. The summed E-state index contributed by atoms with van der Waals surface area (Å²) < 4.78 is 24.7. The lowest BCUT2D eigenvalue weighted by Gasteiger charge is -2.23. The molecule has 0 saturated heterocycles. The van der Waals surface area contributed by atoms with Gasteiger partial charge in [0.2, 0.25) is 0 Å². The number of alkyl halides is 2. The molecule has 2 rings (SSSR count). The Morgan fingerprint density at radius 1 is 1.07 bits per heavy atom. The Morgan fingerprint density at radius 3 is 2.30 bits per heavy atom. The number of thioether (sulfide) groups is 1. The third-order valence-corrected chi connectivity index (χ3v) is 5.17. The number of hydrogen-bond donors (Lipinski definition) is 2. The van der Waals surface area contributed by atoms with Crippen molar-refractivity contribution in [2.45, 2.75) is 43.6 Å². The van der Waals surface area contributed by atoms with Crippen LogP contribution >= 0.6 is 24.0 Å². The summed E-state index contributed by atoms with van der Waals surface area (Å²) in [6.07, 6.45) is 0. The van der Waals surface area contributed by atoms with Crippen molar-refractivity contribution in [1.29, 1.82) is 0 Å². The van der Waals surface area contributed by atoms with Gasteiger partial charge >= 0.3 is 0 Å². The topological polar surface area (TPSA) is 27.3 Å². The van der Waals surface area contributed by atoms with Crippen LogP contribution in [0, 0.1) is 0 Å². The molecule has 2 N–H and O–H groups in total. The van der Waals surface area contributed by atoms with Gasteiger partial charge in [-0.25, -0.2) is 0 Å². The molecule has 0 saturated carbocycles. The molecule has 3 nitrogen and oxygen atoms in total. The van der Waals surface area contributed by atoms with Crippen LogP contribution in [0.3, 0.4) is 0 Å². The van der Waals surface area contributed by atoms with Crippen LogP contribution in [0.4, 0.5) is 14.5 Å². The smallest absolute Gasteiger partial charge is 0.288 e. The van der Waals surface area contributed by atoms with Gasteiger partial charge in [-0.15, -0.1) is 0 Å². The molecule has 0 amide bonds. The van der Waals surface area contributed by atoms with Gasteiger partial charge in [-0.1, -0.05) is 36.0 Å². The van der Waals surface area contributed by atoms with Gasteiger partial charge in [0, 0.05) is 29.7 Å². The molecule has 0 aromatic heterocycles. The molecule has 0 heterocycles. The maximum Gasteiger partial charge on any atom is 0.288 e. The predicted molar refractivity (Wildman–Crippen MR) is 114 cm³/mol. The van der Waals surface area contributed by atoms with Crippen molar-refractivity contribution in [3.8, 4) is 0 Å². The average Bonchev–Trinajstić information content (AvgIpc) is 2.62. The van der Waals surface area contributed by atoms with E-state index in [-0.39, 0.29) is 0 Å². The highest BCUT2D eigenvalue weighted by atomic mass is 32.2. The molecule has 146 valence electrons. The minimum atomic E-state index is -2.42. The van der Waals surface area contributed by atoms with Crippen molar-refractivity contribution >= 4 is 34.8 Å². The van der Waals surface area contributed by atoms with E-state index in [0.717, 1.165) is 12.2 Å². The Labute approximate surface area is 169 Å². The molecule has 0 radical (unpaired) electrons. The molecule has 0 aliphatic carbocycles. The van der Waals surface area contributed by atoms with Crippen LogP contribution in [0.5, 0.6) is 0 Å². The summed E-state index contributed by atoms with van der Waals surface area (Å²) in [5.74, 6) is -2.42. The zero-order valence-electron chi connectivity index (χ0n) is 15.7. The largest absolute Gasteiger partial charge is 0.358 e. The number of nitrogens with one attached hydrogen (secondary N) is 2. The maximum atomic E-state index is 12.4. The van der Waals surface area contributed by atoms with E-state index in [1.807, 2.05) is 12.1 Å². The number of rotatable bonds is 8. The molecule has 0 spiro atoms. The molecule has 0 atom stereocenters. The second-order valence-electron chi connectivity index (χ2n) is 6.49. The van der Waals surface area contributed by atoms with Gasteiger partial charge in [-0.3, -0.25) is 4.90 Å². The van der Waals surface area contributed by atoms with E-state index >= 15 is 0 Å². The Balaban J connectivity index is 1.90. The van der Waals surface area contributed by atoms with Gasteiger partial charge in [0.1, 0.15) is 0 Å². The monoisotopic (exact) mass is 409 g/mol. The molecular weight excluding hydrogens is 384 g/mol. The highest BCUT2D eigenvalue weighted by Crippen LogP contribution is 2.26. The number of benzene rings is 2. The summed E-state index contributed by atoms with van der Waals surface area (Å²) in [4.78, 5) is 2.81. The highest BCUT2D eigenvalue weighted by molar-refractivity contribution is 7.99. The zero-order valence-corrected chi connectivity index (χ0v) is 17.3. The maximum absolute atomic E-state index is 12.4. The van der Waals surface area contributed by atoms with Crippen molar-refractivity contribution in [2.75, 3.05) is 12.4 Å². The average molecular weight is 410 g/mol. The van der Waals surface area contributed by atoms with Crippen molar-refractivity contribution in [2.24, 2.45) is 0 Å². The molecule has 0 aliphatic rings. The van der Waals surface area contributed by atoms with Crippen molar-refractivity contribution in [1.82, 2.24) is 10.2 Å². The SMILES string of the molecule is CC(C)N(C)Cc1ccccc1CNC(=S)Nc1ccc(SC(F)F)cc1. The Morgan fingerprint density at radius 2 is 1.70 bits per heavy atom. The standard InChI is InChI=1S/C20H25F2N3S2/c1-14(2)25(3)13-16-7-5-4-6-15(16)12-23-20(26)24-17-8-10-18(11-9-17)27-19(21)22/h4-11,14,19H,12-13H2,1-3H3,(H2,23,24,26). The minimum Gasteiger partial charge on any atom is -0.358 e. The summed E-state index contributed by atoms with van der Waals surface area (Å²) in [5.41, 5.74) is 3.22. The van der Waals surface area contributed by atoms with Crippen molar-refractivity contribution in [3.63, 3.8) is 0 Å². The molecule has 7 heteroatoms. The quantitative estimate of drug-likeness (QED) is 0.454. The Bertz CT molecular complexity index is 736. The van der Waals surface area contributed by atoms with Gasteiger partial charge in [0.05, 0.1) is 0 Å². The first kappa shape index (κ1) is 21.6. The van der Waals surface area contributed by atoms with Crippen LogP contribution < -0.4 is 10.6 Å². The summed E-state index contributed by atoms with van der Waals surface area (Å²) in [6, 6.07) is 15.5. The fourth-order valence-corrected chi connectivity index (χ4v) is 3.09. The summed E-state index contributed by atoms with van der Waals surface area (Å²) in [6.45, 7) is 5.84. The van der Waals surface area contributed by atoms with Gasteiger partial charge in [-0.05, 0) is 68.5 Å². The number of nitrogens with zero attached hydrogens (tertiary/aromatic N) is 1. The minimum absolute atomic E-state index is 0.472. The lowest BCUT2D eigenvalue weighted by Crippen LogP contribution is -2.29. The van der Waals surface area contributed by atoms with Gasteiger partial charge < -0.3 is 10.6 Å². The van der Waals surface area contributed by atoms with Crippen LogP contribution in [-0.4, -0.2) is 28.9 Å². The van der Waals surface area contributed by atoms with E-state index in [0.29, 0.717) is 34.4 Å². The number of halogens is 2. The van der Waals surface area contributed by atoms with Crippen LogP contribution in [0.2, 0.25) is 0 Å². The van der Waals surface area contributed by atoms with Gasteiger partial charge in [0.15, 0.2) is 5.11 Å². The van der Waals surface area contributed by atoms with Crippen molar-refractivity contribution in [3.05, 3.63) is 59.7 Å². The number of hydrogen-bond acceptors (Lipinski definition) is 3. The molecular formula is C20H25F2N3S2. The van der Waals surface area contributed by atoms with Crippen molar-refractivity contribution < 1.29 is 8.78 Å².